The van der Waals surface area contributed by atoms with E-state index in [1.54, 1.807) is 5.57 Å². The number of rotatable bonds is 4. The van der Waals surface area contributed by atoms with Gasteiger partial charge in [0.25, 0.3) is 0 Å². The molecule has 4 nitrogen and oxygen atoms in total. The Balaban J connectivity index is 1.44. The van der Waals surface area contributed by atoms with Crippen LogP contribution in [-0.4, -0.2) is 59.7 Å². The minimum atomic E-state index is -0.607. The topological polar surface area (TPSA) is 52.9 Å². The molecule has 0 unspecified atom stereocenters. The van der Waals surface area contributed by atoms with Crippen molar-refractivity contribution >= 4 is 0 Å². The predicted octanol–water partition coefficient (Wildman–Crippen LogP) is 4.48. The van der Waals surface area contributed by atoms with E-state index in [-0.39, 0.29) is 0 Å². The van der Waals surface area contributed by atoms with Crippen LogP contribution in [0.15, 0.2) is 35.5 Å². The van der Waals surface area contributed by atoms with E-state index < -0.39 is 12.2 Å². The van der Waals surface area contributed by atoms with Crippen LogP contribution in [0.4, 0.5) is 0 Å². The van der Waals surface area contributed by atoms with Gasteiger partial charge in [-0.15, -0.1) is 0 Å². The second kappa shape index (κ2) is 9.51. The first-order valence-corrected chi connectivity index (χ1v) is 12.5. The average molecular weight is 430 g/mol. The minimum Gasteiger partial charge on any atom is -0.388 e. The van der Waals surface area contributed by atoms with Crippen molar-refractivity contribution in [1.29, 1.82) is 0 Å². The molecular weight excluding hydrogens is 386 g/mol. The first-order chi connectivity index (χ1) is 14.8. The zero-order valence-corrected chi connectivity index (χ0v) is 19.9. The molecule has 1 heterocycles. The molecule has 7 atom stereocenters. The SMILES string of the molecule is C=C1[C@H](O)CC(=C/C=C2\CCC[C@]3(C)[C@@H]([C@H](C)CN4CCO[C@@H](C)C4)CC[C@@H]23)C[C@H]1O. The molecule has 4 fully saturated rings. The second-order valence-electron chi connectivity index (χ2n) is 11.1. The Morgan fingerprint density at radius 1 is 1.23 bits per heavy atom. The van der Waals surface area contributed by atoms with Crippen LogP contribution in [0, 0.1) is 23.2 Å². The van der Waals surface area contributed by atoms with Gasteiger partial charge in [-0.25, -0.2) is 0 Å². The molecule has 0 aromatic heterocycles. The summed E-state index contributed by atoms with van der Waals surface area (Å²) < 4.78 is 5.74. The van der Waals surface area contributed by atoms with E-state index in [0.717, 1.165) is 31.2 Å². The Kier molecular flexibility index (Phi) is 7.12. The molecule has 2 N–H and O–H groups in total. The van der Waals surface area contributed by atoms with E-state index >= 15 is 0 Å². The summed E-state index contributed by atoms with van der Waals surface area (Å²) >= 11 is 0. The van der Waals surface area contributed by atoms with Crippen molar-refractivity contribution in [2.75, 3.05) is 26.2 Å². The molecule has 3 aliphatic carbocycles. The van der Waals surface area contributed by atoms with Gasteiger partial charge < -0.3 is 14.9 Å². The molecule has 4 rings (SSSR count). The summed E-state index contributed by atoms with van der Waals surface area (Å²) in [4.78, 5) is 2.62. The van der Waals surface area contributed by atoms with Crippen molar-refractivity contribution in [3.05, 3.63) is 35.5 Å². The number of ether oxygens (including phenoxy) is 1. The van der Waals surface area contributed by atoms with Crippen LogP contribution < -0.4 is 0 Å². The van der Waals surface area contributed by atoms with Crippen molar-refractivity contribution in [2.24, 2.45) is 23.2 Å². The van der Waals surface area contributed by atoms with E-state index in [1.807, 2.05) is 0 Å². The molecule has 0 radical (unpaired) electrons. The summed E-state index contributed by atoms with van der Waals surface area (Å²) in [6.07, 6.45) is 11.4. The van der Waals surface area contributed by atoms with E-state index in [0.29, 0.717) is 41.8 Å². The number of hydrogen-bond acceptors (Lipinski definition) is 4. The third kappa shape index (κ3) is 4.88. The van der Waals surface area contributed by atoms with Crippen molar-refractivity contribution in [3.63, 3.8) is 0 Å². The fourth-order valence-electron chi connectivity index (χ4n) is 7.23. The van der Waals surface area contributed by atoms with Crippen LogP contribution in [0.3, 0.4) is 0 Å². The molecule has 1 aliphatic heterocycles. The van der Waals surface area contributed by atoms with E-state index in [4.69, 9.17) is 4.74 Å². The maximum absolute atomic E-state index is 10.2. The summed E-state index contributed by atoms with van der Waals surface area (Å²) in [7, 11) is 0. The van der Waals surface area contributed by atoms with Gasteiger partial charge in [-0.2, -0.15) is 0 Å². The van der Waals surface area contributed by atoms with E-state index in [2.05, 4.69) is 44.4 Å². The number of allylic oxidation sites excluding steroid dienone is 3. The maximum atomic E-state index is 10.2. The molecule has 0 aromatic carbocycles. The summed E-state index contributed by atoms with van der Waals surface area (Å²) in [6.45, 7) is 15.3. The van der Waals surface area contributed by atoms with Crippen LogP contribution in [0.25, 0.3) is 0 Å². The lowest BCUT2D eigenvalue weighted by Crippen LogP contribution is -2.45. The highest BCUT2D eigenvalue weighted by atomic mass is 16.5. The monoisotopic (exact) mass is 429 g/mol. The van der Waals surface area contributed by atoms with Crippen molar-refractivity contribution in [2.45, 2.75) is 84.0 Å². The standard InChI is InChI=1S/C27H43NO3/c1-18(16-28-12-13-31-19(2)17-28)23-9-10-24-22(6-5-11-27(23,24)4)8-7-21-14-25(29)20(3)26(30)15-21/h7-8,18-19,23-26,29-30H,3,5-6,9-17H2,1-2,4H3/b22-8+/t18-,19+,23-,24+,25-,26-,27-/m1/s1. The third-order valence-corrected chi connectivity index (χ3v) is 8.90. The normalized spacial score (nSPS) is 42.0. The molecule has 3 saturated carbocycles. The molecule has 174 valence electrons. The number of aliphatic hydroxyl groups is 2. The van der Waals surface area contributed by atoms with E-state index in [9.17, 15) is 10.2 Å². The highest BCUT2D eigenvalue weighted by molar-refractivity contribution is 5.29. The number of aliphatic hydroxyl groups excluding tert-OH is 2. The lowest BCUT2D eigenvalue weighted by molar-refractivity contribution is -0.0298. The number of nitrogens with zero attached hydrogens (tertiary/aromatic N) is 1. The van der Waals surface area contributed by atoms with Crippen LogP contribution >= 0.6 is 0 Å². The Hall–Kier alpha value is -0.940. The van der Waals surface area contributed by atoms with Gasteiger partial charge in [-0.05, 0) is 80.6 Å². The van der Waals surface area contributed by atoms with Crippen molar-refractivity contribution in [1.82, 2.24) is 4.90 Å². The maximum Gasteiger partial charge on any atom is 0.0809 e. The molecule has 0 spiro atoms. The fourth-order valence-corrected chi connectivity index (χ4v) is 7.23. The lowest BCUT2D eigenvalue weighted by Gasteiger charge is -2.45. The molecule has 0 amide bonds. The number of fused-ring (bicyclic) bond motifs is 1. The number of morpholine rings is 1. The minimum absolute atomic E-state index is 0.360. The Morgan fingerprint density at radius 2 is 1.97 bits per heavy atom. The van der Waals surface area contributed by atoms with Crippen LogP contribution in [0.5, 0.6) is 0 Å². The molecule has 31 heavy (non-hydrogen) atoms. The summed E-state index contributed by atoms with van der Waals surface area (Å²) in [6, 6.07) is 0. The quantitative estimate of drug-likeness (QED) is 0.647. The Morgan fingerprint density at radius 3 is 2.68 bits per heavy atom. The molecular formula is C27H43NO3. The smallest absolute Gasteiger partial charge is 0.0809 e. The van der Waals surface area contributed by atoms with Gasteiger partial charge in [0.15, 0.2) is 0 Å². The highest BCUT2D eigenvalue weighted by Crippen LogP contribution is 2.59. The fraction of sp³-hybridized carbons (Fsp3) is 0.778. The van der Waals surface area contributed by atoms with Gasteiger partial charge in [0.05, 0.1) is 24.9 Å². The van der Waals surface area contributed by atoms with Gasteiger partial charge in [-0.1, -0.05) is 43.7 Å². The highest BCUT2D eigenvalue weighted by Gasteiger charge is 2.50. The molecule has 0 aromatic rings. The summed E-state index contributed by atoms with van der Waals surface area (Å²) in [5.41, 5.74) is 3.72. The van der Waals surface area contributed by atoms with Crippen molar-refractivity contribution in [3.8, 4) is 0 Å². The van der Waals surface area contributed by atoms with Gasteiger partial charge in [0, 0.05) is 19.6 Å². The Labute approximate surface area is 189 Å². The first kappa shape index (κ1) is 23.2. The third-order valence-electron chi connectivity index (χ3n) is 8.90. The van der Waals surface area contributed by atoms with Crippen molar-refractivity contribution < 1.29 is 14.9 Å². The van der Waals surface area contributed by atoms with Crippen LogP contribution in [0.2, 0.25) is 0 Å². The zero-order chi connectivity index (χ0) is 22.2. The predicted molar refractivity (Wildman–Crippen MR) is 126 cm³/mol. The second-order valence-corrected chi connectivity index (χ2v) is 11.1. The average Bonchev–Trinajstić information content (AvgIpc) is 3.08. The van der Waals surface area contributed by atoms with Gasteiger partial charge >= 0.3 is 0 Å². The first-order valence-electron chi connectivity index (χ1n) is 12.5. The molecule has 4 heteroatoms. The van der Waals surface area contributed by atoms with Gasteiger partial charge in [0.1, 0.15) is 0 Å². The summed E-state index contributed by atoms with van der Waals surface area (Å²) in [5.74, 6) is 2.18. The lowest BCUT2D eigenvalue weighted by atomic mass is 9.61. The molecule has 0 bridgehead atoms. The van der Waals surface area contributed by atoms with E-state index in [1.165, 1.54) is 38.6 Å². The zero-order valence-electron chi connectivity index (χ0n) is 19.9. The largest absolute Gasteiger partial charge is 0.388 e. The molecule has 1 saturated heterocycles. The van der Waals surface area contributed by atoms with Crippen LogP contribution in [-0.2, 0) is 4.74 Å². The van der Waals surface area contributed by atoms with Crippen LogP contribution in [0.1, 0.15) is 65.7 Å². The summed E-state index contributed by atoms with van der Waals surface area (Å²) in [5, 5.41) is 20.3. The van der Waals surface area contributed by atoms with Gasteiger partial charge in [-0.3, -0.25) is 4.90 Å². The van der Waals surface area contributed by atoms with Gasteiger partial charge in [0.2, 0.25) is 0 Å². The number of hydrogen-bond donors (Lipinski definition) is 2. The molecule has 4 aliphatic rings. The Bertz CT molecular complexity index is 712.